The second-order valence-corrected chi connectivity index (χ2v) is 8.60. The largest absolute Gasteiger partial charge is 0.453 e. The van der Waals surface area contributed by atoms with Gasteiger partial charge in [0.25, 0.3) is 5.91 Å². The summed E-state index contributed by atoms with van der Waals surface area (Å²) in [5, 5.41) is 12.4. The van der Waals surface area contributed by atoms with E-state index in [4.69, 9.17) is 10.5 Å². The SMILES string of the molecule is COC(=O)N1CCCC(c2cnc(N)c(-c3ccc(C(=O)NC(CO)c4ccccc4)c(F)c3)n2)C1. The Hall–Kier alpha value is -4.05. The van der Waals surface area contributed by atoms with Crippen LogP contribution < -0.4 is 11.1 Å². The average Bonchev–Trinajstić information content (AvgIpc) is 2.91. The Morgan fingerprint density at radius 3 is 2.75 bits per heavy atom. The number of nitrogens with two attached hydrogens (primary N) is 1. The zero-order valence-corrected chi connectivity index (χ0v) is 19.9. The maximum Gasteiger partial charge on any atom is 0.409 e. The van der Waals surface area contributed by atoms with Crippen LogP contribution in [0.25, 0.3) is 11.3 Å². The molecule has 9 nitrogen and oxygen atoms in total. The van der Waals surface area contributed by atoms with Gasteiger partial charge in [0.2, 0.25) is 0 Å². The molecule has 188 valence electrons. The van der Waals surface area contributed by atoms with Gasteiger partial charge in [0.05, 0.1) is 37.2 Å². The molecule has 1 aromatic heterocycles. The molecule has 3 aromatic rings. The monoisotopic (exact) mass is 493 g/mol. The van der Waals surface area contributed by atoms with E-state index in [1.165, 1.54) is 19.2 Å². The molecule has 0 spiro atoms. The summed E-state index contributed by atoms with van der Waals surface area (Å²) in [4.78, 5) is 35.2. The number of ether oxygens (including phenoxy) is 1. The highest BCUT2D eigenvalue weighted by Gasteiger charge is 2.27. The van der Waals surface area contributed by atoms with Crippen molar-refractivity contribution in [2.24, 2.45) is 0 Å². The molecule has 0 saturated carbocycles. The van der Waals surface area contributed by atoms with Crippen molar-refractivity contribution in [1.29, 1.82) is 0 Å². The minimum absolute atomic E-state index is 0.0620. The van der Waals surface area contributed by atoms with Crippen molar-refractivity contribution in [3.63, 3.8) is 0 Å². The molecular formula is C26H28FN5O4. The van der Waals surface area contributed by atoms with E-state index in [2.05, 4.69) is 15.3 Å². The molecule has 2 heterocycles. The fourth-order valence-electron chi connectivity index (χ4n) is 4.34. The summed E-state index contributed by atoms with van der Waals surface area (Å²) in [5.74, 6) is -1.34. The summed E-state index contributed by atoms with van der Waals surface area (Å²) in [5.41, 5.74) is 7.91. The van der Waals surface area contributed by atoms with Crippen molar-refractivity contribution < 1.29 is 23.8 Å². The quantitative estimate of drug-likeness (QED) is 0.480. The molecule has 2 amide bonds. The number of hydrogen-bond acceptors (Lipinski definition) is 7. The maximum absolute atomic E-state index is 15.0. The summed E-state index contributed by atoms with van der Waals surface area (Å²) in [6.45, 7) is 0.711. The van der Waals surface area contributed by atoms with Crippen LogP contribution in [-0.2, 0) is 4.74 Å². The number of benzene rings is 2. The van der Waals surface area contributed by atoms with Gasteiger partial charge in [-0.1, -0.05) is 36.4 Å². The number of piperidine rings is 1. The molecule has 0 radical (unpaired) electrons. The number of nitrogen functional groups attached to an aromatic ring is 1. The number of likely N-dealkylation sites (tertiary alicyclic amines) is 1. The number of nitrogens with zero attached hydrogens (tertiary/aromatic N) is 3. The van der Waals surface area contributed by atoms with E-state index in [0.717, 1.165) is 12.8 Å². The zero-order valence-electron chi connectivity index (χ0n) is 19.9. The number of hydrogen-bond donors (Lipinski definition) is 3. The minimum atomic E-state index is -0.754. The molecule has 1 fully saturated rings. The van der Waals surface area contributed by atoms with E-state index in [9.17, 15) is 14.7 Å². The van der Waals surface area contributed by atoms with Gasteiger partial charge in [-0.3, -0.25) is 4.79 Å². The lowest BCUT2D eigenvalue weighted by Gasteiger charge is -2.31. The van der Waals surface area contributed by atoms with Gasteiger partial charge >= 0.3 is 6.09 Å². The zero-order chi connectivity index (χ0) is 25.7. The molecule has 2 unspecified atom stereocenters. The van der Waals surface area contributed by atoms with Gasteiger partial charge in [0.15, 0.2) is 0 Å². The van der Waals surface area contributed by atoms with Gasteiger partial charge < -0.3 is 25.8 Å². The summed E-state index contributed by atoms with van der Waals surface area (Å²) in [6.07, 6.45) is 2.78. The van der Waals surface area contributed by atoms with Crippen LogP contribution in [0.3, 0.4) is 0 Å². The van der Waals surface area contributed by atoms with Crippen LogP contribution in [0, 0.1) is 5.82 Å². The van der Waals surface area contributed by atoms with Crippen LogP contribution in [0.1, 0.15) is 46.4 Å². The Kier molecular flexibility index (Phi) is 7.74. The average molecular weight is 494 g/mol. The molecule has 0 aliphatic carbocycles. The number of nitrogens with one attached hydrogen (secondary N) is 1. The number of aliphatic hydroxyl groups is 1. The van der Waals surface area contributed by atoms with Crippen molar-refractivity contribution in [3.8, 4) is 11.3 Å². The first-order valence-electron chi connectivity index (χ1n) is 11.6. The van der Waals surface area contributed by atoms with Crippen LogP contribution in [0.5, 0.6) is 0 Å². The Labute approximate surface area is 208 Å². The molecule has 10 heteroatoms. The van der Waals surface area contributed by atoms with Gasteiger partial charge in [-0.25, -0.2) is 19.2 Å². The van der Waals surface area contributed by atoms with Gasteiger partial charge in [0, 0.05) is 24.6 Å². The van der Waals surface area contributed by atoms with Crippen molar-refractivity contribution in [3.05, 3.63) is 77.4 Å². The molecule has 2 aromatic carbocycles. The van der Waals surface area contributed by atoms with E-state index in [-0.39, 0.29) is 23.9 Å². The number of halogens is 1. The first-order chi connectivity index (χ1) is 17.4. The van der Waals surface area contributed by atoms with Crippen LogP contribution in [0.2, 0.25) is 0 Å². The second-order valence-electron chi connectivity index (χ2n) is 8.60. The number of carbonyl (C=O) groups is 2. The molecule has 4 N–H and O–H groups in total. The highest BCUT2D eigenvalue weighted by atomic mass is 19.1. The van der Waals surface area contributed by atoms with Crippen LogP contribution in [-0.4, -0.2) is 58.8 Å². The van der Waals surface area contributed by atoms with E-state index < -0.39 is 23.9 Å². The molecule has 36 heavy (non-hydrogen) atoms. The predicted molar refractivity (Wildman–Crippen MR) is 132 cm³/mol. The van der Waals surface area contributed by atoms with E-state index in [1.807, 2.05) is 6.07 Å². The van der Waals surface area contributed by atoms with Crippen molar-refractivity contribution in [1.82, 2.24) is 20.2 Å². The number of anilines is 1. The van der Waals surface area contributed by atoms with E-state index >= 15 is 4.39 Å². The molecule has 1 aliphatic heterocycles. The third kappa shape index (κ3) is 5.44. The maximum atomic E-state index is 15.0. The summed E-state index contributed by atoms with van der Waals surface area (Å²) >= 11 is 0. The van der Waals surface area contributed by atoms with Gasteiger partial charge in [-0.2, -0.15) is 0 Å². The third-order valence-electron chi connectivity index (χ3n) is 6.27. The van der Waals surface area contributed by atoms with Gasteiger partial charge in [0.1, 0.15) is 17.3 Å². The number of aromatic nitrogens is 2. The number of rotatable bonds is 6. The Morgan fingerprint density at radius 1 is 1.28 bits per heavy atom. The van der Waals surface area contributed by atoms with Gasteiger partial charge in [-0.15, -0.1) is 0 Å². The Balaban J connectivity index is 1.55. The minimum Gasteiger partial charge on any atom is -0.453 e. The van der Waals surface area contributed by atoms with Crippen LogP contribution >= 0.6 is 0 Å². The molecular weight excluding hydrogens is 465 g/mol. The van der Waals surface area contributed by atoms with Gasteiger partial charge in [-0.05, 0) is 30.5 Å². The number of aliphatic hydroxyl groups excluding tert-OH is 1. The molecule has 1 saturated heterocycles. The van der Waals surface area contributed by atoms with Crippen molar-refractivity contribution in [2.75, 3.05) is 32.5 Å². The summed E-state index contributed by atoms with van der Waals surface area (Å²) in [7, 11) is 1.34. The highest BCUT2D eigenvalue weighted by Crippen LogP contribution is 2.30. The molecule has 2 atom stereocenters. The van der Waals surface area contributed by atoms with E-state index in [1.54, 1.807) is 41.4 Å². The lowest BCUT2D eigenvalue weighted by Crippen LogP contribution is -2.39. The second kappa shape index (κ2) is 11.1. The number of carbonyl (C=O) groups excluding carboxylic acids is 2. The predicted octanol–water partition coefficient (Wildman–Crippen LogP) is 3.27. The number of methoxy groups -OCH3 is 1. The fourth-order valence-corrected chi connectivity index (χ4v) is 4.34. The first kappa shape index (κ1) is 25.1. The molecule has 0 bridgehead atoms. The fraction of sp³-hybridized carbons (Fsp3) is 0.308. The standard InChI is InChI=1S/C26H28FN5O4/c1-36-26(35)32-11-5-8-18(14-32)21-13-29-24(28)23(30-21)17-9-10-19(20(27)12-17)25(34)31-22(15-33)16-6-3-2-4-7-16/h2-4,6-7,9-10,12-13,18,22,33H,5,8,11,14-15H2,1H3,(H2,28,29)(H,31,34). The summed E-state index contributed by atoms with van der Waals surface area (Å²) in [6, 6.07) is 12.4. The third-order valence-corrected chi connectivity index (χ3v) is 6.27. The van der Waals surface area contributed by atoms with Crippen LogP contribution in [0.4, 0.5) is 15.0 Å². The normalized spacial score (nSPS) is 16.3. The smallest absolute Gasteiger partial charge is 0.409 e. The first-order valence-corrected chi connectivity index (χ1v) is 11.6. The van der Waals surface area contributed by atoms with E-state index in [0.29, 0.717) is 35.6 Å². The topological polar surface area (TPSA) is 131 Å². The molecule has 1 aliphatic rings. The summed E-state index contributed by atoms with van der Waals surface area (Å²) < 4.78 is 19.9. The Bertz CT molecular complexity index is 1240. The molecule has 4 rings (SSSR count). The lowest BCUT2D eigenvalue weighted by molar-refractivity contribution is 0.0912. The van der Waals surface area contributed by atoms with Crippen molar-refractivity contribution >= 4 is 17.8 Å². The number of amides is 2. The highest BCUT2D eigenvalue weighted by molar-refractivity contribution is 5.95. The van der Waals surface area contributed by atoms with Crippen molar-refractivity contribution in [2.45, 2.75) is 24.8 Å². The lowest BCUT2D eigenvalue weighted by atomic mass is 9.95. The Morgan fingerprint density at radius 2 is 2.06 bits per heavy atom. The van der Waals surface area contributed by atoms with Crippen LogP contribution in [0.15, 0.2) is 54.7 Å².